The van der Waals surface area contributed by atoms with Crippen molar-refractivity contribution in [2.24, 2.45) is 5.10 Å². The van der Waals surface area contributed by atoms with Crippen molar-refractivity contribution in [1.29, 1.82) is 0 Å². The normalized spacial score (nSPS) is 11.1. The number of amides is 1. The Morgan fingerprint density at radius 1 is 1.05 bits per heavy atom. The van der Waals surface area contributed by atoms with Crippen LogP contribution in [0.1, 0.15) is 5.56 Å². The third kappa shape index (κ3) is 5.75. The molecule has 1 aromatic heterocycles. The van der Waals surface area contributed by atoms with Crippen LogP contribution >= 0.6 is 27.5 Å². The van der Waals surface area contributed by atoms with Gasteiger partial charge in [-0.3, -0.25) is 9.59 Å². The first-order chi connectivity index (χ1) is 19.5. The molecule has 1 N–H and O–H groups in total. The molecular formula is C30H22BrClN4O4. The molecular weight excluding hydrogens is 596 g/mol. The molecule has 1 heterocycles. The third-order valence-electron chi connectivity index (χ3n) is 5.88. The predicted octanol–water partition coefficient (Wildman–Crippen LogP) is 6.39. The molecule has 0 fully saturated rings. The number of carbonyl (C=O) groups excluding carboxylic acids is 1. The molecule has 0 aliphatic carbocycles. The van der Waals surface area contributed by atoms with E-state index in [1.165, 1.54) is 18.0 Å². The van der Waals surface area contributed by atoms with E-state index in [1.807, 2.05) is 54.6 Å². The number of nitrogens with one attached hydrogen (secondary N) is 1. The van der Waals surface area contributed by atoms with E-state index >= 15 is 0 Å². The molecule has 0 bridgehead atoms. The van der Waals surface area contributed by atoms with Crippen LogP contribution in [0, 0.1) is 0 Å². The molecule has 0 aliphatic rings. The Morgan fingerprint density at radius 2 is 1.73 bits per heavy atom. The molecule has 0 saturated carbocycles. The zero-order valence-corrected chi connectivity index (χ0v) is 23.5. The standard InChI is InChI=1S/C30H22BrClN4O4/c1-39-24-16-20(26(31)27(32)28(24)40-18-25(37)34-21-12-6-3-7-13-21)17-33-36-29(19-10-4-2-5-11-19)35-23-15-9-8-14-22(23)30(36)38/h2-17H,18H2,1H3,(H,34,37). The number of hydrogen-bond acceptors (Lipinski definition) is 6. The summed E-state index contributed by atoms with van der Waals surface area (Å²) in [5.74, 6) is 0.502. The van der Waals surface area contributed by atoms with Gasteiger partial charge in [-0.1, -0.05) is 72.3 Å². The highest BCUT2D eigenvalue weighted by Gasteiger charge is 2.19. The van der Waals surface area contributed by atoms with E-state index in [0.29, 0.717) is 32.5 Å². The highest BCUT2D eigenvalue weighted by molar-refractivity contribution is 9.10. The molecule has 5 rings (SSSR count). The Labute approximate surface area is 243 Å². The maximum atomic E-state index is 13.4. The van der Waals surface area contributed by atoms with Gasteiger partial charge >= 0.3 is 0 Å². The molecule has 0 unspecified atom stereocenters. The second kappa shape index (κ2) is 12.1. The fourth-order valence-corrected chi connectivity index (χ4v) is 4.62. The van der Waals surface area contributed by atoms with Crippen LogP contribution in [0.25, 0.3) is 22.3 Å². The second-order valence-corrected chi connectivity index (χ2v) is 9.68. The summed E-state index contributed by atoms with van der Waals surface area (Å²) in [6.07, 6.45) is 1.48. The first kappa shape index (κ1) is 27.1. The predicted molar refractivity (Wildman–Crippen MR) is 161 cm³/mol. The molecule has 0 radical (unpaired) electrons. The van der Waals surface area contributed by atoms with E-state index in [-0.39, 0.29) is 34.6 Å². The quantitative estimate of drug-likeness (QED) is 0.204. The summed E-state index contributed by atoms with van der Waals surface area (Å²) in [6.45, 7) is -0.288. The van der Waals surface area contributed by atoms with Crippen molar-refractivity contribution in [2.75, 3.05) is 19.0 Å². The van der Waals surface area contributed by atoms with E-state index in [4.69, 9.17) is 26.1 Å². The van der Waals surface area contributed by atoms with Crippen LogP contribution in [0.2, 0.25) is 5.02 Å². The lowest BCUT2D eigenvalue weighted by Crippen LogP contribution is -2.20. The molecule has 8 nitrogen and oxygen atoms in total. The third-order valence-corrected chi connectivity index (χ3v) is 7.32. The summed E-state index contributed by atoms with van der Waals surface area (Å²) in [6, 6.07) is 27.1. The van der Waals surface area contributed by atoms with Gasteiger partial charge in [-0.15, -0.1) is 0 Å². The number of fused-ring (bicyclic) bond motifs is 1. The van der Waals surface area contributed by atoms with E-state index in [2.05, 4.69) is 26.3 Å². The van der Waals surface area contributed by atoms with Crippen molar-refractivity contribution in [2.45, 2.75) is 0 Å². The molecule has 40 heavy (non-hydrogen) atoms. The number of nitrogens with zero attached hydrogens (tertiary/aromatic N) is 3. The van der Waals surface area contributed by atoms with Crippen molar-refractivity contribution in [3.8, 4) is 22.9 Å². The molecule has 10 heteroatoms. The lowest BCUT2D eigenvalue weighted by atomic mass is 10.2. The van der Waals surface area contributed by atoms with E-state index in [0.717, 1.165) is 5.56 Å². The number of carbonyl (C=O) groups is 1. The summed E-state index contributed by atoms with van der Waals surface area (Å²) in [5, 5.41) is 7.87. The maximum absolute atomic E-state index is 13.4. The molecule has 1 amide bonds. The number of rotatable bonds is 8. The lowest BCUT2D eigenvalue weighted by molar-refractivity contribution is -0.118. The topological polar surface area (TPSA) is 94.8 Å². The summed E-state index contributed by atoms with van der Waals surface area (Å²) in [7, 11) is 1.46. The van der Waals surface area contributed by atoms with Crippen LogP contribution in [0.5, 0.6) is 11.5 Å². The SMILES string of the molecule is COc1cc(C=Nn2c(-c3ccccc3)nc3ccccc3c2=O)c(Br)c(Cl)c1OCC(=O)Nc1ccccc1. The summed E-state index contributed by atoms with van der Waals surface area (Å²) >= 11 is 10.1. The zero-order chi connectivity index (χ0) is 28.1. The molecule has 4 aromatic carbocycles. The Morgan fingerprint density at radius 3 is 2.45 bits per heavy atom. The smallest absolute Gasteiger partial charge is 0.282 e. The fourth-order valence-electron chi connectivity index (χ4n) is 3.97. The largest absolute Gasteiger partial charge is 0.493 e. The van der Waals surface area contributed by atoms with Crippen molar-refractivity contribution in [3.05, 3.63) is 116 Å². The summed E-state index contributed by atoms with van der Waals surface area (Å²) in [4.78, 5) is 30.5. The van der Waals surface area contributed by atoms with Crippen LogP contribution in [0.4, 0.5) is 5.69 Å². The number of benzene rings is 4. The van der Waals surface area contributed by atoms with Gasteiger partial charge in [0.1, 0.15) is 5.02 Å². The highest BCUT2D eigenvalue weighted by atomic mass is 79.9. The van der Waals surface area contributed by atoms with Crippen LogP contribution in [-0.2, 0) is 4.79 Å². The Hall–Kier alpha value is -4.47. The number of aromatic nitrogens is 2. The van der Waals surface area contributed by atoms with Crippen molar-refractivity contribution in [1.82, 2.24) is 9.66 Å². The molecule has 0 saturated heterocycles. The van der Waals surface area contributed by atoms with E-state index in [9.17, 15) is 9.59 Å². The monoisotopic (exact) mass is 616 g/mol. The minimum Gasteiger partial charge on any atom is -0.493 e. The average Bonchev–Trinajstić information content (AvgIpc) is 2.99. The number of methoxy groups -OCH3 is 1. The molecule has 0 spiro atoms. The van der Waals surface area contributed by atoms with Crippen LogP contribution in [0.3, 0.4) is 0 Å². The van der Waals surface area contributed by atoms with E-state index < -0.39 is 0 Å². The Balaban J connectivity index is 1.48. The fraction of sp³-hybridized carbons (Fsp3) is 0.0667. The van der Waals surface area contributed by atoms with Crippen LogP contribution in [-0.4, -0.2) is 35.5 Å². The summed E-state index contributed by atoms with van der Waals surface area (Å²) < 4.78 is 12.9. The number of ether oxygens (including phenoxy) is 2. The minimum atomic E-state index is -0.359. The number of para-hydroxylation sites is 2. The van der Waals surface area contributed by atoms with Crippen molar-refractivity contribution >= 4 is 56.2 Å². The summed E-state index contributed by atoms with van der Waals surface area (Å²) in [5.41, 5.74) is 2.15. The first-order valence-electron chi connectivity index (χ1n) is 12.1. The Bertz CT molecular complexity index is 1780. The minimum absolute atomic E-state index is 0.181. The van der Waals surface area contributed by atoms with Gasteiger partial charge in [0.05, 0.1) is 24.2 Å². The number of halogens is 2. The number of anilines is 1. The highest BCUT2D eigenvalue weighted by Crippen LogP contribution is 2.42. The first-order valence-corrected chi connectivity index (χ1v) is 13.3. The maximum Gasteiger partial charge on any atom is 0.282 e. The van der Waals surface area contributed by atoms with Gasteiger partial charge in [0, 0.05) is 21.3 Å². The van der Waals surface area contributed by atoms with Gasteiger partial charge < -0.3 is 14.8 Å². The lowest BCUT2D eigenvalue weighted by Gasteiger charge is -2.15. The van der Waals surface area contributed by atoms with Gasteiger partial charge in [-0.05, 0) is 46.3 Å². The molecule has 5 aromatic rings. The van der Waals surface area contributed by atoms with E-state index in [1.54, 1.807) is 36.4 Å². The average molecular weight is 618 g/mol. The van der Waals surface area contributed by atoms with Gasteiger partial charge in [-0.2, -0.15) is 9.78 Å². The van der Waals surface area contributed by atoms with Gasteiger partial charge in [0.15, 0.2) is 23.9 Å². The van der Waals surface area contributed by atoms with Crippen molar-refractivity contribution < 1.29 is 14.3 Å². The van der Waals surface area contributed by atoms with Crippen molar-refractivity contribution in [3.63, 3.8) is 0 Å². The van der Waals surface area contributed by atoms with Gasteiger partial charge in [0.25, 0.3) is 11.5 Å². The second-order valence-electron chi connectivity index (χ2n) is 8.51. The van der Waals surface area contributed by atoms with Gasteiger partial charge in [0.2, 0.25) is 0 Å². The molecule has 0 aliphatic heterocycles. The zero-order valence-electron chi connectivity index (χ0n) is 21.2. The Kier molecular flexibility index (Phi) is 8.23. The van der Waals surface area contributed by atoms with Crippen LogP contribution < -0.4 is 20.3 Å². The van der Waals surface area contributed by atoms with Gasteiger partial charge in [-0.25, -0.2) is 4.98 Å². The molecule has 0 atom stereocenters. The van der Waals surface area contributed by atoms with Crippen LogP contribution in [0.15, 0.2) is 105 Å². The molecule has 200 valence electrons. The number of hydrogen-bond donors (Lipinski definition) is 1.